The predicted octanol–water partition coefficient (Wildman–Crippen LogP) is 5.35. The van der Waals surface area contributed by atoms with Crippen molar-refractivity contribution >= 4 is 11.0 Å². The minimum Gasteiger partial charge on any atom is -0.351 e. The Hall–Kier alpha value is -3.79. The maximum absolute atomic E-state index is 4.40. The van der Waals surface area contributed by atoms with Crippen molar-refractivity contribution in [3.05, 3.63) is 91.0 Å². The van der Waals surface area contributed by atoms with Gasteiger partial charge in [-0.05, 0) is 16.3 Å². The Morgan fingerprint density at radius 3 is 1.74 bits per heavy atom. The summed E-state index contributed by atoms with van der Waals surface area (Å²) < 4.78 is 0. The highest BCUT2D eigenvalue weighted by molar-refractivity contribution is 6.05. The molecule has 4 nitrogen and oxygen atoms in total. The van der Waals surface area contributed by atoms with E-state index in [4.69, 9.17) is 0 Å². The third-order valence-corrected chi connectivity index (χ3v) is 4.67. The van der Waals surface area contributed by atoms with Gasteiger partial charge in [0.2, 0.25) is 0 Å². The first-order valence-corrected chi connectivity index (χ1v) is 8.83. The van der Waals surface area contributed by atoms with Crippen molar-refractivity contribution in [2.45, 2.75) is 0 Å². The number of aromatic nitrogens is 4. The summed E-state index contributed by atoms with van der Waals surface area (Å²) in [5.74, 6) is 0. The van der Waals surface area contributed by atoms with E-state index in [9.17, 15) is 0 Å². The molecule has 0 radical (unpaired) electrons. The summed E-state index contributed by atoms with van der Waals surface area (Å²) in [5.41, 5.74) is 7.82. The zero-order valence-corrected chi connectivity index (χ0v) is 14.5. The van der Waals surface area contributed by atoms with E-state index < -0.39 is 0 Å². The number of hydrogen-bond acceptors (Lipinski definition) is 3. The Kier molecular flexibility index (Phi) is 3.72. The SMILES string of the molecule is c1ccc(-c2[nH]c3c(-c4ccccc4)nnnc3c2-c2ccccc2)cc1. The van der Waals surface area contributed by atoms with E-state index in [1.165, 1.54) is 0 Å². The molecule has 0 fully saturated rings. The summed E-state index contributed by atoms with van der Waals surface area (Å²) in [6.07, 6.45) is 0. The minimum absolute atomic E-state index is 0.806. The molecule has 0 saturated carbocycles. The lowest BCUT2D eigenvalue weighted by molar-refractivity contribution is 0.900. The van der Waals surface area contributed by atoms with Crippen LogP contribution in [0.2, 0.25) is 0 Å². The fraction of sp³-hybridized carbons (Fsp3) is 0. The van der Waals surface area contributed by atoms with Crippen molar-refractivity contribution in [1.82, 2.24) is 20.4 Å². The van der Waals surface area contributed by atoms with Crippen molar-refractivity contribution < 1.29 is 0 Å². The van der Waals surface area contributed by atoms with Crippen molar-refractivity contribution in [2.24, 2.45) is 0 Å². The first-order valence-electron chi connectivity index (χ1n) is 8.83. The molecular formula is C23H16N4. The Morgan fingerprint density at radius 2 is 1.11 bits per heavy atom. The quantitative estimate of drug-likeness (QED) is 0.478. The number of rotatable bonds is 3. The van der Waals surface area contributed by atoms with Crippen LogP contribution in [0, 0.1) is 0 Å². The lowest BCUT2D eigenvalue weighted by Crippen LogP contribution is -1.93. The Bertz CT molecular complexity index is 1200. The van der Waals surface area contributed by atoms with E-state index in [1.807, 2.05) is 66.7 Å². The van der Waals surface area contributed by atoms with E-state index in [0.717, 1.165) is 44.7 Å². The summed E-state index contributed by atoms with van der Waals surface area (Å²) in [5, 5.41) is 12.8. The molecule has 4 heteroatoms. The van der Waals surface area contributed by atoms with Crippen molar-refractivity contribution in [1.29, 1.82) is 0 Å². The number of fused-ring (bicyclic) bond motifs is 1. The molecule has 5 aromatic rings. The second-order valence-electron chi connectivity index (χ2n) is 6.33. The first-order chi connectivity index (χ1) is 13.4. The Labute approximate surface area is 156 Å². The molecular weight excluding hydrogens is 332 g/mol. The molecule has 1 N–H and O–H groups in total. The maximum Gasteiger partial charge on any atom is 0.123 e. The van der Waals surface area contributed by atoms with E-state index in [0.29, 0.717) is 0 Å². The van der Waals surface area contributed by atoms with Crippen LogP contribution >= 0.6 is 0 Å². The van der Waals surface area contributed by atoms with Gasteiger partial charge in [-0.1, -0.05) is 91.0 Å². The molecule has 27 heavy (non-hydrogen) atoms. The monoisotopic (exact) mass is 348 g/mol. The van der Waals surface area contributed by atoms with Gasteiger partial charge in [0.1, 0.15) is 11.2 Å². The van der Waals surface area contributed by atoms with E-state index in [2.05, 4.69) is 44.7 Å². The summed E-state index contributed by atoms with van der Waals surface area (Å²) >= 11 is 0. The van der Waals surface area contributed by atoms with Crippen LogP contribution < -0.4 is 0 Å². The molecule has 0 aliphatic rings. The fourth-order valence-electron chi connectivity index (χ4n) is 3.43. The summed E-state index contributed by atoms with van der Waals surface area (Å²) in [6.45, 7) is 0. The van der Waals surface area contributed by atoms with E-state index in [1.54, 1.807) is 0 Å². The van der Waals surface area contributed by atoms with Crippen LogP contribution in [0.1, 0.15) is 0 Å². The van der Waals surface area contributed by atoms with Crippen LogP contribution in [0.15, 0.2) is 91.0 Å². The topological polar surface area (TPSA) is 54.5 Å². The second-order valence-corrected chi connectivity index (χ2v) is 6.33. The predicted molar refractivity (Wildman–Crippen MR) is 108 cm³/mol. The van der Waals surface area contributed by atoms with Crippen LogP contribution in [-0.4, -0.2) is 20.4 Å². The van der Waals surface area contributed by atoms with Gasteiger partial charge in [-0.2, -0.15) is 0 Å². The number of aromatic amines is 1. The van der Waals surface area contributed by atoms with Gasteiger partial charge in [0.15, 0.2) is 0 Å². The van der Waals surface area contributed by atoms with E-state index >= 15 is 0 Å². The summed E-state index contributed by atoms with van der Waals surface area (Å²) in [7, 11) is 0. The zero-order chi connectivity index (χ0) is 18.1. The van der Waals surface area contributed by atoms with Gasteiger partial charge >= 0.3 is 0 Å². The number of nitrogens with one attached hydrogen (secondary N) is 1. The van der Waals surface area contributed by atoms with E-state index in [-0.39, 0.29) is 0 Å². The van der Waals surface area contributed by atoms with Gasteiger partial charge < -0.3 is 4.98 Å². The average molecular weight is 348 g/mol. The van der Waals surface area contributed by atoms with Crippen molar-refractivity contribution in [2.75, 3.05) is 0 Å². The highest BCUT2D eigenvalue weighted by atomic mass is 15.3. The smallest absolute Gasteiger partial charge is 0.123 e. The van der Waals surface area contributed by atoms with Crippen molar-refractivity contribution in [3.63, 3.8) is 0 Å². The Morgan fingerprint density at radius 1 is 0.556 bits per heavy atom. The number of H-pyrrole nitrogens is 1. The molecule has 0 spiro atoms. The first kappa shape index (κ1) is 15.5. The molecule has 0 unspecified atom stereocenters. The molecule has 0 atom stereocenters. The average Bonchev–Trinajstić information content (AvgIpc) is 3.15. The van der Waals surface area contributed by atoms with Crippen LogP contribution in [0.5, 0.6) is 0 Å². The van der Waals surface area contributed by atoms with Crippen LogP contribution in [0.25, 0.3) is 44.7 Å². The van der Waals surface area contributed by atoms with Crippen molar-refractivity contribution in [3.8, 4) is 33.6 Å². The lowest BCUT2D eigenvalue weighted by atomic mass is 10.0. The van der Waals surface area contributed by atoms with Gasteiger partial charge in [0.05, 0.1) is 11.2 Å². The molecule has 3 aromatic carbocycles. The van der Waals surface area contributed by atoms with Crippen LogP contribution in [-0.2, 0) is 0 Å². The van der Waals surface area contributed by atoms with Gasteiger partial charge in [-0.3, -0.25) is 0 Å². The lowest BCUT2D eigenvalue weighted by Gasteiger charge is -2.04. The third kappa shape index (κ3) is 2.68. The molecule has 0 bridgehead atoms. The fourth-order valence-corrected chi connectivity index (χ4v) is 3.43. The molecule has 5 rings (SSSR count). The summed E-state index contributed by atoms with van der Waals surface area (Å²) in [4.78, 5) is 3.58. The van der Waals surface area contributed by atoms with Gasteiger partial charge in [0, 0.05) is 11.1 Å². The number of nitrogens with zero attached hydrogens (tertiary/aromatic N) is 3. The molecule has 0 aliphatic carbocycles. The number of hydrogen-bond donors (Lipinski definition) is 1. The Balaban J connectivity index is 1.86. The highest BCUT2D eigenvalue weighted by Gasteiger charge is 2.20. The zero-order valence-electron chi connectivity index (χ0n) is 14.5. The minimum atomic E-state index is 0.806. The van der Waals surface area contributed by atoms with Crippen LogP contribution in [0.4, 0.5) is 0 Å². The van der Waals surface area contributed by atoms with Gasteiger partial charge in [-0.15, -0.1) is 10.2 Å². The molecule has 0 aliphatic heterocycles. The largest absolute Gasteiger partial charge is 0.351 e. The standard InChI is InChI=1S/C23H16N4/c1-4-10-16(11-5-1)19-20(17-12-6-2-7-13-17)24-23-21(25-27-26-22(19)23)18-14-8-3-9-15-18/h1-15,24H. The molecule has 0 saturated heterocycles. The maximum atomic E-state index is 4.40. The van der Waals surface area contributed by atoms with Gasteiger partial charge in [-0.25, -0.2) is 0 Å². The molecule has 0 amide bonds. The molecule has 128 valence electrons. The third-order valence-electron chi connectivity index (χ3n) is 4.67. The van der Waals surface area contributed by atoms with Gasteiger partial charge in [0.25, 0.3) is 0 Å². The molecule has 2 aromatic heterocycles. The number of benzene rings is 3. The highest BCUT2D eigenvalue weighted by Crippen LogP contribution is 2.39. The van der Waals surface area contributed by atoms with Crippen LogP contribution in [0.3, 0.4) is 0 Å². The summed E-state index contributed by atoms with van der Waals surface area (Å²) in [6, 6.07) is 30.6. The molecule has 2 heterocycles. The normalized spacial score (nSPS) is 11.0. The second kappa shape index (κ2) is 6.50.